The average Bonchev–Trinajstić information content (AvgIpc) is 2.46. The second-order valence-corrected chi connectivity index (χ2v) is 3.88. The van der Waals surface area contributed by atoms with E-state index in [2.05, 4.69) is 0 Å². The highest BCUT2D eigenvalue weighted by molar-refractivity contribution is 5.74. The second-order valence-electron chi connectivity index (χ2n) is 3.88. The molecule has 0 spiro atoms. The van der Waals surface area contributed by atoms with Gasteiger partial charge < -0.3 is 0 Å². The molecule has 0 saturated carbocycles. The summed E-state index contributed by atoms with van der Waals surface area (Å²) < 4.78 is 0. The molecule has 0 fully saturated rings. The minimum atomic E-state index is -0.809. The van der Waals surface area contributed by atoms with Gasteiger partial charge in [-0.1, -0.05) is 18.2 Å². The third kappa shape index (κ3) is 2.30. The summed E-state index contributed by atoms with van der Waals surface area (Å²) in [6, 6.07) is 12.1. The fourth-order valence-corrected chi connectivity index (χ4v) is 1.82. The molecule has 0 atom stereocenters. The lowest BCUT2D eigenvalue weighted by atomic mass is 9.99. The first-order valence-electron chi connectivity index (χ1n) is 5.47. The van der Waals surface area contributed by atoms with Gasteiger partial charge in [0, 0.05) is 12.1 Å². The molecule has 0 aromatic heterocycles. The molecule has 0 heterocycles. The van der Waals surface area contributed by atoms with E-state index >= 15 is 0 Å². The van der Waals surface area contributed by atoms with Crippen molar-refractivity contribution >= 4 is 11.4 Å². The van der Waals surface area contributed by atoms with Crippen LogP contribution in [0, 0.1) is 31.6 Å². The zero-order valence-electron chi connectivity index (χ0n) is 10.0. The number of nitro groups is 2. The van der Waals surface area contributed by atoms with Crippen molar-refractivity contribution in [1.82, 2.24) is 0 Å². The largest absolute Gasteiger partial charge is 0.346 e. The number of nitro benzene ring substituents is 2. The van der Waals surface area contributed by atoms with E-state index in [9.17, 15) is 20.2 Å². The van der Waals surface area contributed by atoms with Crippen molar-refractivity contribution < 1.29 is 9.85 Å². The standard InChI is InChI=1S/C13H7N3O4/c14-8-10-3-1-2-4-11(10)9-5-6-12(15(17)18)13(7-9)16(19)20/h1-7H. The van der Waals surface area contributed by atoms with Crippen molar-refractivity contribution in [2.24, 2.45) is 0 Å². The van der Waals surface area contributed by atoms with Crippen LogP contribution >= 0.6 is 0 Å². The molecule has 0 amide bonds. The van der Waals surface area contributed by atoms with Crippen molar-refractivity contribution in [3.63, 3.8) is 0 Å². The molecule has 7 heteroatoms. The predicted octanol–water partition coefficient (Wildman–Crippen LogP) is 3.04. The van der Waals surface area contributed by atoms with Gasteiger partial charge >= 0.3 is 11.4 Å². The fraction of sp³-hybridized carbons (Fsp3) is 0. The molecule has 2 rings (SSSR count). The van der Waals surface area contributed by atoms with Gasteiger partial charge in [0.25, 0.3) is 0 Å². The minimum absolute atomic E-state index is 0.343. The van der Waals surface area contributed by atoms with E-state index < -0.39 is 21.2 Å². The fourth-order valence-electron chi connectivity index (χ4n) is 1.82. The predicted molar refractivity (Wildman–Crippen MR) is 69.9 cm³/mol. The molecule has 0 aliphatic heterocycles. The molecule has 0 aliphatic carbocycles. The Morgan fingerprint density at radius 3 is 2.20 bits per heavy atom. The van der Waals surface area contributed by atoms with Crippen LogP contribution < -0.4 is 0 Å². The molecule has 98 valence electrons. The van der Waals surface area contributed by atoms with Gasteiger partial charge in [0.2, 0.25) is 0 Å². The maximum atomic E-state index is 10.9. The van der Waals surface area contributed by atoms with Crippen molar-refractivity contribution in [2.75, 3.05) is 0 Å². The number of hydrogen-bond acceptors (Lipinski definition) is 5. The zero-order chi connectivity index (χ0) is 14.7. The summed E-state index contributed by atoms with van der Waals surface area (Å²) >= 11 is 0. The topological polar surface area (TPSA) is 110 Å². The van der Waals surface area contributed by atoms with Crippen molar-refractivity contribution in [3.8, 4) is 17.2 Å². The van der Waals surface area contributed by atoms with Crippen LogP contribution in [0.2, 0.25) is 0 Å². The number of rotatable bonds is 3. The van der Waals surface area contributed by atoms with Crippen molar-refractivity contribution in [2.45, 2.75) is 0 Å². The quantitative estimate of drug-likeness (QED) is 0.628. The first-order valence-corrected chi connectivity index (χ1v) is 5.47. The van der Waals surface area contributed by atoms with Crippen LogP contribution in [0.1, 0.15) is 5.56 Å². The number of hydrogen-bond donors (Lipinski definition) is 0. The van der Waals surface area contributed by atoms with Gasteiger partial charge in [-0.05, 0) is 23.3 Å². The average molecular weight is 269 g/mol. The maximum absolute atomic E-state index is 10.9. The Morgan fingerprint density at radius 2 is 1.60 bits per heavy atom. The Morgan fingerprint density at radius 1 is 0.950 bits per heavy atom. The Labute approximate surface area is 113 Å². The van der Waals surface area contributed by atoms with Gasteiger partial charge in [-0.25, -0.2) is 0 Å². The number of nitriles is 1. The summed E-state index contributed by atoms with van der Waals surface area (Å²) in [7, 11) is 0. The highest BCUT2D eigenvalue weighted by Crippen LogP contribution is 2.33. The first-order chi connectivity index (χ1) is 9.54. The Hall–Kier alpha value is -3.27. The minimum Gasteiger partial charge on any atom is -0.258 e. The molecule has 7 nitrogen and oxygen atoms in total. The lowest BCUT2D eigenvalue weighted by Gasteiger charge is -2.04. The van der Waals surface area contributed by atoms with Crippen LogP contribution in [0.4, 0.5) is 11.4 Å². The molecule has 20 heavy (non-hydrogen) atoms. The van der Waals surface area contributed by atoms with Crippen LogP contribution in [0.5, 0.6) is 0 Å². The van der Waals surface area contributed by atoms with E-state index in [1.165, 1.54) is 6.07 Å². The van der Waals surface area contributed by atoms with Gasteiger partial charge in [-0.2, -0.15) is 5.26 Å². The normalized spacial score (nSPS) is 9.75. The lowest BCUT2D eigenvalue weighted by molar-refractivity contribution is -0.422. The van der Waals surface area contributed by atoms with Crippen LogP contribution in [-0.2, 0) is 0 Å². The van der Waals surface area contributed by atoms with E-state index in [0.717, 1.165) is 12.1 Å². The zero-order valence-corrected chi connectivity index (χ0v) is 10.0. The molecular weight excluding hydrogens is 262 g/mol. The van der Waals surface area contributed by atoms with Crippen LogP contribution in [0.3, 0.4) is 0 Å². The molecule has 0 bridgehead atoms. The smallest absolute Gasteiger partial charge is 0.258 e. The molecule has 2 aromatic carbocycles. The molecular formula is C13H7N3O4. The number of nitrogens with zero attached hydrogens (tertiary/aromatic N) is 3. The summed E-state index contributed by atoms with van der Waals surface area (Å²) in [6.45, 7) is 0. The molecule has 0 radical (unpaired) electrons. The third-order valence-electron chi connectivity index (χ3n) is 2.73. The first kappa shape index (κ1) is 13.2. The molecule has 2 aromatic rings. The van der Waals surface area contributed by atoms with E-state index in [4.69, 9.17) is 5.26 Å². The van der Waals surface area contributed by atoms with E-state index in [0.29, 0.717) is 16.7 Å². The Kier molecular flexibility index (Phi) is 3.39. The summed E-state index contributed by atoms with van der Waals surface area (Å²) in [4.78, 5) is 20.0. The highest BCUT2D eigenvalue weighted by Gasteiger charge is 2.24. The summed E-state index contributed by atoms with van der Waals surface area (Å²) in [5, 5.41) is 30.7. The Balaban J connectivity index is 2.66. The van der Waals surface area contributed by atoms with E-state index in [-0.39, 0.29) is 0 Å². The third-order valence-corrected chi connectivity index (χ3v) is 2.73. The molecule has 0 saturated heterocycles. The monoisotopic (exact) mass is 269 g/mol. The number of benzene rings is 2. The second kappa shape index (κ2) is 5.16. The van der Waals surface area contributed by atoms with E-state index in [1.54, 1.807) is 24.3 Å². The maximum Gasteiger partial charge on any atom is 0.346 e. The lowest BCUT2D eigenvalue weighted by Crippen LogP contribution is -1.97. The summed E-state index contributed by atoms with van der Waals surface area (Å²) in [5.74, 6) is 0. The van der Waals surface area contributed by atoms with E-state index in [1.807, 2.05) is 6.07 Å². The summed E-state index contributed by atoms with van der Waals surface area (Å²) in [5.41, 5.74) is 0.0523. The van der Waals surface area contributed by atoms with Crippen LogP contribution in [-0.4, -0.2) is 9.85 Å². The van der Waals surface area contributed by atoms with Gasteiger partial charge in [0.05, 0.1) is 21.5 Å². The van der Waals surface area contributed by atoms with Gasteiger partial charge in [0.1, 0.15) is 0 Å². The van der Waals surface area contributed by atoms with Crippen molar-refractivity contribution in [3.05, 3.63) is 68.3 Å². The molecule has 0 unspecified atom stereocenters. The SMILES string of the molecule is N#Cc1ccccc1-c1ccc([N+](=O)[O-])c([N+](=O)[O-])c1. The van der Waals surface area contributed by atoms with Crippen molar-refractivity contribution in [1.29, 1.82) is 5.26 Å². The van der Waals surface area contributed by atoms with Gasteiger partial charge in [-0.15, -0.1) is 0 Å². The van der Waals surface area contributed by atoms with Gasteiger partial charge in [0.15, 0.2) is 0 Å². The molecule has 0 aliphatic rings. The Bertz CT molecular complexity index is 750. The van der Waals surface area contributed by atoms with Crippen LogP contribution in [0.15, 0.2) is 42.5 Å². The summed E-state index contributed by atoms with van der Waals surface area (Å²) in [6.07, 6.45) is 0. The van der Waals surface area contributed by atoms with Crippen LogP contribution in [0.25, 0.3) is 11.1 Å². The molecule has 0 N–H and O–H groups in total. The van der Waals surface area contributed by atoms with Gasteiger partial charge in [-0.3, -0.25) is 20.2 Å². The highest BCUT2D eigenvalue weighted by atomic mass is 16.6.